The molecule has 4 heteroatoms. The molecule has 23 heavy (non-hydrogen) atoms. The highest BCUT2D eigenvalue weighted by molar-refractivity contribution is 6.06. The Morgan fingerprint density at radius 3 is 2.39 bits per heavy atom. The molecule has 0 atom stereocenters. The van der Waals surface area contributed by atoms with E-state index in [4.69, 9.17) is 9.84 Å². The first-order valence-corrected chi connectivity index (χ1v) is 7.51. The van der Waals surface area contributed by atoms with Crippen LogP contribution in [0.5, 0.6) is 5.75 Å². The van der Waals surface area contributed by atoms with Crippen molar-refractivity contribution in [1.29, 1.82) is 0 Å². The maximum atomic E-state index is 12.8. The predicted octanol–water partition coefficient (Wildman–Crippen LogP) is 3.87. The molecule has 0 unspecified atom stereocenters. The third kappa shape index (κ3) is 5.68. The van der Waals surface area contributed by atoms with Crippen LogP contribution < -0.4 is 4.74 Å². The molecule has 0 aliphatic carbocycles. The number of benzene rings is 2. The number of carbonyl (C=O) groups is 1. The number of unbranched alkanes of at least 4 members (excludes halogenated alkanes) is 1. The lowest BCUT2D eigenvalue weighted by Crippen LogP contribution is -1.98. The topological polar surface area (TPSA) is 46.5 Å². The molecule has 3 nitrogen and oxygen atoms in total. The average Bonchev–Trinajstić information content (AvgIpc) is 2.58. The normalized spacial score (nSPS) is 10.9. The largest absolute Gasteiger partial charge is 0.494 e. The zero-order valence-electron chi connectivity index (χ0n) is 12.7. The van der Waals surface area contributed by atoms with Crippen LogP contribution in [0.4, 0.5) is 4.39 Å². The molecule has 2 rings (SSSR count). The Morgan fingerprint density at radius 1 is 1.04 bits per heavy atom. The summed E-state index contributed by atoms with van der Waals surface area (Å²) in [6, 6.07) is 12.8. The smallest absolute Gasteiger partial charge is 0.185 e. The molecule has 0 saturated heterocycles. The average molecular weight is 314 g/mol. The van der Waals surface area contributed by atoms with Crippen LogP contribution in [-0.4, -0.2) is 24.1 Å². The summed E-state index contributed by atoms with van der Waals surface area (Å²) in [7, 11) is 0. The molecule has 1 N–H and O–H groups in total. The van der Waals surface area contributed by atoms with Crippen molar-refractivity contribution in [1.82, 2.24) is 0 Å². The number of ketones is 1. The molecule has 0 heterocycles. The second-order valence-corrected chi connectivity index (χ2v) is 5.05. The van der Waals surface area contributed by atoms with Crippen LogP contribution in [0, 0.1) is 5.82 Å². The highest BCUT2D eigenvalue weighted by Gasteiger charge is 2.01. The van der Waals surface area contributed by atoms with E-state index >= 15 is 0 Å². The summed E-state index contributed by atoms with van der Waals surface area (Å²) < 4.78 is 18.3. The van der Waals surface area contributed by atoms with Crippen LogP contribution in [0.15, 0.2) is 54.6 Å². The molecule has 0 amide bonds. The summed E-state index contributed by atoms with van der Waals surface area (Å²) in [6.07, 6.45) is 4.71. The van der Waals surface area contributed by atoms with E-state index in [0.717, 1.165) is 24.2 Å². The van der Waals surface area contributed by atoms with E-state index in [0.29, 0.717) is 12.2 Å². The van der Waals surface area contributed by atoms with Crippen LogP contribution in [0.1, 0.15) is 28.8 Å². The number of halogens is 1. The van der Waals surface area contributed by atoms with Crippen molar-refractivity contribution in [3.63, 3.8) is 0 Å². The summed E-state index contributed by atoms with van der Waals surface area (Å²) in [5.74, 6) is 0.222. The van der Waals surface area contributed by atoms with Crippen LogP contribution >= 0.6 is 0 Å². The molecule has 0 spiro atoms. The first-order valence-electron chi connectivity index (χ1n) is 7.51. The van der Waals surface area contributed by atoms with Crippen molar-refractivity contribution < 1.29 is 19.0 Å². The zero-order chi connectivity index (χ0) is 16.5. The molecule has 0 saturated carbocycles. The van der Waals surface area contributed by atoms with Crippen LogP contribution in [0.25, 0.3) is 6.08 Å². The van der Waals surface area contributed by atoms with Gasteiger partial charge in [0.15, 0.2) is 5.78 Å². The van der Waals surface area contributed by atoms with Gasteiger partial charge in [-0.25, -0.2) is 4.39 Å². The van der Waals surface area contributed by atoms with Gasteiger partial charge in [0, 0.05) is 12.2 Å². The summed E-state index contributed by atoms with van der Waals surface area (Å²) in [5.41, 5.74) is 1.33. The Labute approximate surface area is 135 Å². The van der Waals surface area contributed by atoms with Gasteiger partial charge in [0.05, 0.1) is 6.61 Å². The van der Waals surface area contributed by atoms with Crippen LogP contribution in [0.2, 0.25) is 0 Å². The number of allylic oxidation sites excluding steroid dienone is 1. The maximum absolute atomic E-state index is 12.8. The lowest BCUT2D eigenvalue weighted by atomic mass is 10.1. The van der Waals surface area contributed by atoms with Crippen molar-refractivity contribution in [2.75, 3.05) is 13.2 Å². The lowest BCUT2D eigenvalue weighted by Gasteiger charge is -2.05. The molecule has 0 aromatic heterocycles. The molecule has 0 bridgehead atoms. The predicted molar refractivity (Wildman–Crippen MR) is 88.0 cm³/mol. The number of hydrogen-bond donors (Lipinski definition) is 1. The van der Waals surface area contributed by atoms with Gasteiger partial charge in [0.2, 0.25) is 0 Å². The van der Waals surface area contributed by atoms with Gasteiger partial charge in [-0.3, -0.25) is 4.79 Å². The summed E-state index contributed by atoms with van der Waals surface area (Å²) in [6.45, 7) is 0.744. The second kappa shape index (κ2) is 8.86. The van der Waals surface area contributed by atoms with E-state index in [2.05, 4.69) is 0 Å². The summed E-state index contributed by atoms with van der Waals surface area (Å²) >= 11 is 0. The molecule has 0 radical (unpaired) electrons. The lowest BCUT2D eigenvalue weighted by molar-refractivity contribution is 0.104. The maximum Gasteiger partial charge on any atom is 0.185 e. The molecule has 2 aromatic carbocycles. The van der Waals surface area contributed by atoms with Crippen molar-refractivity contribution in [3.05, 3.63) is 71.6 Å². The Bertz CT molecular complexity index is 645. The van der Waals surface area contributed by atoms with Crippen LogP contribution in [0.3, 0.4) is 0 Å². The first-order chi connectivity index (χ1) is 11.2. The van der Waals surface area contributed by atoms with E-state index < -0.39 is 0 Å². The van der Waals surface area contributed by atoms with Crippen LogP contribution in [-0.2, 0) is 0 Å². The van der Waals surface area contributed by atoms with E-state index in [1.807, 2.05) is 24.3 Å². The van der Waals surface area contributed by atoms with Gasteiger partial charge < -0.3 is 9.84 Å². The first kappa shape index (κ1) is 16.9. The van der Waals surface area contributed by atoms with Gasteiger partial charge in [-0.15, -0.1) is 0 Å². The van der Waals surface area contributed by atoms with Gasteiger partial charge >= 0.3 is 0 Å². The van der Waals surface area contributed by atoms with Gasteiger partial charge in [0.25, 0.3) is 0 Å². The number of hydrogen-bond acceptors (Lipinski definition) is 3. The minimum Gasteiger partial charge on any atom is -0.494 e. The molecular formula is C19H19FO3. The fourth-order valence-electron chi connectivity index (χ4n) is 1.96. The number of carbonyl (C=O) groups excluding carboxylic acids is 1. The van der Waals surface area contributed by atoms with Crippen molar-refractivity contribution in [2.24, 2.45) is 0 Å². The highest BCUT2D eigenvalue weighted by atomic mass is 19.1. The molecule has 2 aromatic rings. The molecule has 0 aliphatic heterocycles. The minimum absolute atomic E-state index is 0.172. The number of aliphatic hydroxyl groups excluding tert-OH is 1. The number of aliphatic hydroxyl groups is 1. The van der Waals surface area contributed by atoms with Crippen molar-refractivity contribution in [2.45, 2.75) is 12.8 Å². The Morgan fingerprint density at radius 2 is 1.74 bits per heavy atom. The third-order valence-corrected chi connectivity index (χ3v) is 3.26. The highest BCUT2D eigenvalue weighted by Crippen LogP contribution is 2.14. The monoisotopic (exact) mass is 314 g/mol. The fourth-order valence-corrected chi connectivity index (χ4v) is 1.96. The van der Waals surface area contributed by atoms with Crippen molar-refractivity contribution >= 4 is 11.9 Å². The minimum atomic E-state index is -0.361. The Kier molecular flexibility index (Phi) is 6.51. The molecule has 120 valence electrons. The van der Waals surface area contributed by atoms with Gasteiger partial charge in [0.1, 0.15) is 11.6 Å². The Balaban J connectivity index is 1.89. The SMILES string of the molecule is O=C(C=Cc1ccc(OCCCCO)cc1)c1ccc(F)cc1. The second-order valence-electron chi connectivity index (χ2n) is 5.05. The van der Waals surface area contributed by atoms with E-state index in [-0.39, 0.29) is 18.2 Å². The molecule has 0 aliphatic rings. The molecular weight excluding hydrogens is 295 g/mol. The fraction of sp³-hybridized carbons (Fsp3) is 0.211. The van der Waals surface area contributed by atoms with E-state index in [9.17, 15) is 9.18 Å². The van der Waals surface area contributed by atoms with Gasteiger partial charge in [-0.2, -0.15) is 0 Å². The quantitative estimate of drug-likeness (QED) is 0.457. The van der Waals surface area contributed by atoms with Gasteiger partial charge in [-0.1, -0.05) is 18.2 Å². The summed E-state index contributed by atoms with van der Waals surface area (Å²) in [5, 5.41) is 8.69. The van der Waals surface area contributed by atoms with Crippen molar-refractivity contribution in [3.8, 4) is 5.75 Å². The Hall–Kier alpha value is -2.46. The number of ether oxygens (including phenoxy) is 1. The van der Waals surface area contributed by atoms with E-state index in [1.165, 1.54) is 30.3 Å². The number of rotatable bonds is 8. The third-order valence-electron chi connectivity index (χ3n) is 3.26. The van der Waals surface area contributed by atoms with E-state index in [1.54, 1.807) is 6.08 Å². The molecule has 0 fully saturated rings. The summed E-state index contributed by atoms with van der Waals surface area (Å²) in [4.78, 5) is 11.9. The van der Waals surface area contributed by atoms with Gasteiger partial charge in [-0.05, 0) is 60.9 Å². The standard InChI is InChI=1S/C19H19FO3/c20-17-8-6-16(7-9-17)19(22)12-5-15-3-10-18(11-4-15)23-14-2-1-13-21/h3-12,21H,1-2,13-14H2. The zero-order valence-corrected chi connectivity index (χ0v) is 12.7.